The van der Waals surface area contributed by atoms with E-state index >= 15 is 0 Å². The third-order valence-corrected chi connectivity index (χ3v) is 4.39. The van der Waals surface area contributed by atoms with Crippen LogP contribution in [0.2, 0.25) is 0 Å². The smallest absolute Gasteiger partial charge is 0.356 e. The first-order chi connectivity index (χ1) is 11.0. The minimum Gasteiger partial charge on any atom is -0.489 e. The number of aromatic carboxylic acids is 1. The van der Waals surface area contributed by atoms with Gasteiger partial charge < -0.3 is 14.6 Å². The number of aromatic nitrogens is 2. The molecule has 0 amide bonds. The molecule has 6 nitrogen and oxygen atoms in total. The van der Waals surface area contributed by atoms with Gasteiger partial charge in [0.05, 0.1) is 23.4 Å². The average molecular weight is 381 g/mol. The number of aryl methyl sites for hydroxylation is 1. The molecule has 1 aliphatic heterocycles. The summed E-state index contributed by atoms with van der Waals surface area (Å²) in [6.07, 6.45) is 1.57. The maximum absolute atomic E-state index is 11.2. The Morgan fingerprint density at radius 1 is 1.35 bits per heavy atom. The molecule has 1 N–H and O–H groups in total. The summed E-state index contributed by atoms with van der Waals surface area (Å²) in [4.78, 5) is 11.2. The summed E-state index contributed by atoms with van der Waals surface area (Å²) in [5.74, 6) is 0.398. The largest absolute Gasteiger partial charge is 0.489 e. The highest BCUT2D eigenvalue weighted by atomic mass is 79.9. The summed E-state index contributed by atoms with van der Waals surface area (Å²) < 4.78 is 14.1. The molecular weight excluding hydrogens is 364 g/mol. The molecule has 0 fully saturated rings. The molecule has 0 radical (unpaired) electrons. The van der Waals surface area contributed by atoms with Crippen LogP contribution in [-0.2, 0) is 13.5 Å². The van der Waals surface area contributed by atoms with Gasteiger partial charge in [-0.15, -0.1) is 0 Å². The predicted molar refractivity (Wildman–Crippen MR) is 88.3 cm³/mol. The Balaban J connectivity index is 2.22. The Kier molecular flexibility index (Phi) is 4.30. The molecule has 122 valence electrons. The van der Waals surface area contributed by atoms with Crippen LogP contribution in [0.5, 0.6) is 11.5 Å². The van der Waals surface area contributed by atoms with E-state index in [0.29, 0.717) is 19.0 Å². The molecule has 3 rings (SSSR count). The minimum absolute atomic E-state index is 0.0211. The fourth-order valence-electron chi connectivity index (χ4n) is 2.75. The van der Waals surface area contributed by atoms with Crippen molar-refractivity contribution in [2.75, 3.05) is 13.2 Å². The third-order valence-electron chi connectivity index (χ3n) is 3.80. The van der Waals surface area contributed by atoms with Crippen LogP contribution in [0.25, 0.3) is 11.3 Å². The van der Waals surface area contributed by atoms with Gasteiger partial charge >= 0.3 is 5.97 Å². The molecule has 7 heteroatoms. The Bertz CT molecular complexity index is 770. The van der Waals surface area contributed by atoms with Gasteiger partial charge in [0.25, 0.3) is 0 Å². The zero-order valence-electron chi connectivity index (χ0n) is 12.9. The second kappa shape index (κ2) is 6.23. The van der Waals surface area contributed by atoms with Gasteiger partial charge in [-0.3, -0.25) is 4.68 Å². The van der Waals surface area contributed by atoms with Crippen molar-refractivity contribution in [2.24, 2.45) is 7.05 Å². The lowest BCUT2D eigenvalue weighted by Gasteiger charge is -2.17. The van der Waals surface area contributed by atoms with Gasteiger partial charge in [-0.2, -0.15) is 5.10 Å². The van der Waals surface area contributed by atoms with Crippen molar-refractivity contribution in [2.45, 2.75) is 19.8 Å². The molecular formula is C16H17BrN2O4. The van der Waals surface area contributed by atoms with Crippen LogP contribution in [-0.4, -0.2) is 34.1 Å². The SMILES string of the molecule is CCc1c(-c2cc(C(=O)O)nn2C)cc(Br)c2c1OCCCO2. The van der Waals surface area contributed by atoms with E-state index in [9.17, 15) is 4.79 Å². The molecule has 1 aliphatic rings. The summed E-state index contributed by atoms with van der Waals surface area (Å²) in [6, 6.07) is 3.52. The molecule has 0 unspecified atom stereocenters. The standard InChI is InChI=1S/C16H17BrN2O4/c1-3-9-10(13-8-12(16(20)21)18-19(13)2)7-11(17)15-14(9)22-5-4-6-23-15/h7-8H,3-6H2,1-2H3,(H,20,21). The second-order valence-corrected chi connectivity index (χ2v) is 6.14. The normalized spacial score (nSPS) is 13.7. The number of fused-ring (bicyclic) bond motifs is 1. The number of halogens is 1. The van der Waals surface area contributed by atoms with E-state index in [0.717, 1.165) is 39.9 Å². The van der Waals surface area contributed by atoms with Crippen LogP contribution in [0.15, 0.2) is 16.6 Å². The van der Waals surface area contributed by atoms with Gasteiger partial charge in [-0.05, 0) is 34.5 Å². The number of rotatable bonds is 3. The number of carboxylic acids is 1. The van der Waals surface area contributed by atoms with Crippen molar-refractivity contribution in [3.63, 3.8) is 0 Å². The van der Waals surface area contributed by atoms with E-state index in [4.69, 9.17) is 14.6 Å². The first kappa shape index (κ1) is 15.9. The Hall–Kier alpha value is -2.02. The average Bonchev–Trinajstić information content (AvgIpc) is 2.74. The van der Waals surface area contributed by atoms with Crippen molar-refractivity contribution >= 4 is 21.9 Å². The molecule has 0 aliphatic carbocycles. The number of ether oxygens (including phenoxy) is 2. The predicted octanol–water partition coefficient (Wildman–Crippen LogP) is 3.27. The quantitative estimate of drug-likeness (QED) is 0.884. The highest BCUT2D eigenvalue weighted by Crippen LogP contribution is 2.45. The van der Waals surface area contributed by atoms with Crippen molar-refractivity contribution < 1.29 is 19.4 Å². The summed E-state index contributed by atoms with van der Waals surface area (Å²) in [5, 5.41) is 13.2. The Labute approximate surface area is 142 Å². The minimum atomic E-state index is -1.04. The zero-order valence-corrected chi connectivity index (χ0v) is 14.5. The summed E-state index contributed by atoms with van der Waals surface area (Å²) in [7, 11) is 1.73. The third kappa shape index (κ3) is 2.81. The topological polar surface area (TPSA) is 73.6 Å². The highest BCUT2D eigenvalue weighted by Gasteiger charge is 2.24. The fourth-order valence-corrected chi connectivity index (χ4v) is 3.27. The van der Waals surface area contributed by atoms with Crippen LogP contribution in [0.4, 0.5) is 0 Å². The lowest BCUT2D eigenvalue weighted by atomic mass is 10.00. The highest BCUT2D eigenvalue weighted by molar-refractivity contribution is 9.10. The van der Waals surface area contributed by atoms with Gasteiger partial charge in [0.15, 0.2) is 17.2 Å². The van der Waals surface area contributed by atoms with Gasteiger partial charge in [0, 0.05) is 24.6 Å². The van der Waals surface area contributed by atoms with Crippen LogP contribution in [0.3, 0.4) is 0 Å². The van der Waals surface area contributed by atoms with E-state index in [1.807, 2.05) is 13.0 Å². The van der Waals surface area contributed by atoms with E-state index in [-0.39, 0.29) is 5.69 Å². The number of carboxylic acid groups (broad SMARTS) is 1. The Morgan fingerprint density at radius 3 is 2.65 bits per heavy atom. The van der Waals surface area contributed by atoms with Crippen LogP contribution >= 0.6 is 15.9 Å². The second-order valence-electron chi connectivity index (χ2n) is 5.29. The molecule has 1 aromatic carbocycles. The van der Waals surface area contributed by atoms with Crippen molar-refractivity contribution in [3.05, 3.63) is 27.9 Å². The Morgan fingerprint density at radius 2 is 2.04 bits per heavy atom. The van der Waals surface area contributed by atoms with Crippen molar-refractivity contribution in [1.82, 2.24) is 9.78 Å². The molecule has 2 heterocycles. The molecule has 0 bridgehead atoms. The molecule has 0 saturated carbocycles. The van der Waals surface area contributed by atoms with Gasteiger partial charge in [-0.25, -0.2) is 4.79 Å². The molecule has 2 aromatic rings. The molecule has 23 heavy (non-hydrogen) atoms. The maximum atomic E-state index is 11.2. The van der Waals surface area contributed by atoms with Gasteiger partial charge in [0.1, 0.15) is 0 Å². The number of benzene rings is 1. The first-order valence-electron chi connectivity index (χ1n) is 7.41. The van der Waals surface area contributed by atoms with Gasteiger partial charge in [0.2, 0.25) is 0 Å². The van der Waals surface area contributed by atoms with Crippen LogP contribution in [0.1, 0.15) is 29.4 Å². The fraction of sp³-hybridized carbons (Fsp3) is 0.375. The molecule has 0 saturated heterocycles. The van der Waals surface area contributed by atoms with E-state index in [2.05, 4.69) is 21.0 Å². The maximum Gasteiger partial charge on any atom is 0.356 e. The van der Waals surface area contributed by atoms with E-state index in [1.165, 1.54) is 0 Å². The van der Waals surface area contributed by atoms with Crippen molar-refractivity contribution in [1.29, 1.82) is 0 Å². The zero-order chi connectivity index (χ0) is 16.6. The molecule has 0 atom stereocenters. The van der Waals surface area contributed by atoms with Gasteiger partial charge in [-0.1, -0.05) is 6.92 Å². The number of carbonyl (C=O) groups is 1. The number of nitrogens with zero attached hydrogens (tertiary/aromatic N) is 2. The van der Waals surface area contributed by atoms with E-state index in [1.54, 1.807) is 17.8 Å². The lowest BCUT2D eigenvalue weighted by Crippen LogP contribution is -2.02. The van der Waals surface area contributed by atoms with Crippen LogP contribution < -0.4 is 9.47 Å². The molecule has 1 aromatic heterocycles. The number of hydrogen-bond donors (Lipinski definition) is 1. The summed E-state index contributed by atoms with van der Waals surface area (Å²) in [5.41, 5.74) is 2.64. The van der Waals surface area contributed by atoms with E-state index < -0.39 is 5.97 Å². The molecule has 0 spiro atoms. The first-order valence-corrected chi connectivity index (χ1v) is 8.21. The van der Waals surface area contributed by atoms with Crippen molar-refractivity contribution in [3.8, 4) is 22.8 Å². The lowest BCUT2D eigenvalue weighted by molar-refractivity contribution is 0.0689. The monoisotopic (exact) mass is 380 g/mol. The summed E-state index contributed by atoms with van der Waals surface area (Å²) in [6.45, 7) is 3.25. The summed E-state index contributed by atoms with van der Waals surface area (Å²) >= 11 is 3.54. The number of hydrogen-bond acceptors (Lipinski definition) is 4. The van der Waals surface area contributed by atoms with Crippen LogP contribution in [0, 0.1) is 0 Å².